The van der Waals surface area contributed by atoms with E-state index >= 15 is 0 Å². The molecule has 1 atom stereocenters. The van der Waals surface area contributed by atoms with E-state index in [2.05, 4.69) is 5.32 Å². The van der Waals surface area contributed by atoms with Crippen LogP contribution >= 0.6 is 0 Å². The normalized spacial score (nSPS) is 12.3. The van der Waals surface area contributed by atoms with E-state index in [0.717, 1.165) is 17.4 Å². The molecule has 1 N–H and O–H groups in total. The topological polar surface area (TPSA) is 75.7 Å². The molecule has 7 heteroatoms. The van der Waals surface area contributed by atoms with Crippen molar-refractivity contribution < 1.29 is 17.9 Å². The first kappa shape index (κ1) is 21.8. The minimum absolute atomic E-state index is 0.0990. The molecule has 0 spiro atoms. The van der Waals surface area contributed by atoms with Gasteiger partial charge in [-0.2, -0.15) is 0 Å². The lowest BCUT2D eigenvalue weighted by molar-refractivity contribution is -0.121. The summed E-state index contributed by atoms with van der Waals surface area (Å²) in [4.78, 5) is 12.3. The van der Waals surface area contributed by atoms with Crippen molar-refractivity contribution in [3.63, 3.8) is 0 Å². The van der Waals surface area contributed by atoms with Crippen LogP contribution in [0.1, 0.15) is 36.9 Å². The number of hydrogen-bond acceptors (Lipinski definition) is 4. The molecule has 0 fully saturated rings. The fourth-order valence-corrected chi connectivity index (χ4v) is 4.06. The van der Waals surface area contributed by atoms with Gasteiger partial charge in [0.2, 0.25) is 15.9 Å². The van der Waals surface area contributed by atoms with Gasteiger partial charge < -0.3 is 10.1 Å². The van der Waals surface area contributed by atoms with Gasteiger partial charge in [0.1, 0.15) is 5.75 Å². The fourth-order valence-electron chi connectivity index (χ4n) is 3.10. The Morgan fingerprint density at radius 2 is 1.89 bits per heavy atom. The van der Waals surface area contributed by atoms with E-state index in [9.17, 15) is 13.2 Å². The highest BCUT2D eigenvalue weighted by Gasteiger charge is 2.18. The smallest absolute Gasteiger partial charge is 0.232 e. The van der Waals surface area contributed by atoms with Crippen molar-refractivity contribution in [3.05, 3.63) is 59.7 Å². The third-order valence-electron chi connectivity index (χ3n) is 4.54. The number of carbonyl (C=O) groups excluding carboxylic acids is 1. The molecule has 2 rings (SSSR count). The molecule has 0 aromatic heterocycles. The van der Waals surface area contributed by atoms with Crippen LogP contribution in [-0.2, 0) is 14.8 Å². The lowest BCUT2D eigenvalue weighted by Gasteiger charge is -2.23. The van der Waals surface area contributed by atoms with Crippen LogP contribution in [0.2, 0.25) is 0 Å². The number of carbonyl (C=O) groups is 1. The number of methoxy groups -OCH3 is 1. The maximum atomic E-state index is 12.3. The Morgan fingerprint density at radius 3 is 2.54 bits per heavy atom. The van der Waals surface area contributed by atoms with Gasteiger partial charge in [0.05, 0.1) is 25.1 Å². The molecule has 0 saturated heterocycles. The molecule has 0 aliphatic rings. The lowest BCUT2D eigenvalue weighted by atomic mass is 10.0. The lowest BCUT2D eigenvalue weighted by Crippen LogP contribution is -2.32. The van der Waals surface area contributed by atoms with Crippen LogP contribution < -0.4 is 14.4 Å². The van der Waals surface area contributed by atoms with Crippen LogP contribution in [-0.4, -0.2) is 34.2 Å². The van der Waals surface area contributed by atoms with Crippen LogP contribution in [0.3, 0.4) is 0 Å². The molecule has 0 saturated carbocycles. The second-order valence-electron chi connectivity index (χ2n) is 6.79. The summed E-state index contributed by atoms with van der Waals surface area (Å²) < 4.78 is 30.9. The molecule has 0 unspecified atom stereocenters. The molecule has 152 valence electrons. The summed E-state index contributed by atoms with van der Waals surface area (Å²) >= 11 is 0. The minimum atomic E-state index is -3.47. The first-order valence-corrected chi connectivity index (χ1v) is 11.0. The SMILES string of the molecule is COc1cccc(N(CCCC(=O)N[C@@H](C)c2ccccc2C)S(C)(=O)=O)c1. The predicted molar refractivity (Wildman–Crippen MR) is 112 cm³/mol. The third-order valence-corrected chi connectivity index (χ3v) is 5.73. The number of amides is 1. The Bertz CT molecular complexity index is 912. The first-order valence-electron chi connectivity index (χ1n) is 9.19. The molecule has 6 nitrogen and oxygen atoms in total. The largest absolute Gasteiger partial charge is 0.497 e. The molecule has 0 aliphatic carbocycles. The zero-order chi connectivity index (χ0) is 20.7. The molecule has 2 aromatic rings. The summed E-state index contributed by atoms with van der Waals surface area (Å²) in [5, 5.41) is 2.98. The van der Waals surface area contributed by atoms with Gasteiger partial charge in [0, 0.05) is 19.0 Å². The number of nitrogens with one attached hydrogen (secondary N) is 1. The van der Waals surface area contributed by atoms with E-state index in [1.165, 1.54) is 11.4 Å². The molecule has 0 bridgehead atoms. The monoisotopic (exact) mass is 404 g/mol. The number of ether oxygens (including phenoxy) is 1. The number of rotatable bonds is 9. The maximum absolute atomic E-state index is 12.3. The molecular weight excluding hydrogens is 376 g/mol. The summed E-state index contributed by atoms with van der Waals surface area (Å²) in [6.45, 7) is 4.17. The van der Waals surface area contributed by atoms with Gasteiger partial charge in [-0.15, -0.1) is 0 Å². The minimum Gasteiger partial charge on any atom is -0.497 e. The first-order chi connectivity index (χ1) is 13.2. The van der Waals surface area contributed by atoms with E-state index in [1.54, 1.807) is 24.3 Å². The molecule has 0 radical (unpaired) electrons. The van der Waals surface area contributed by atoms with E-state index in [4.69, 9.17) is 4.74 Å². The van der Waals surface area contributed by atoms with E-state index < -0.39 is 10.0 Å². The molecule has 0 heterocycles. The van der Waals surface area contributed by atoms with Crippen LogP contribution in [0.25, 0.3) is 0 Å². The van der Waals surface area contributed by atoms with E-state index in [-0.39, 0.29) is 24.9 Å². The average molecular weight is 405 g/mol. The van der Waals surface area contributed by atoms with Crippen molar-refractivity contribution in [2.24, 2.45) is 0 Å². The predicted octanol–water partition coefficient (Wildman–Crippen LogP) is 3.43. The van der Waals surface area contributed by atoms with Gasteiger partial charge in [-0.05, 0) is 43.5 Å². The highest BCUT2D eigenvalue weighted by molar-refractivity contribution is 7.92. The number of aryl methyl sites for hydroxylation is 1. The Balaban J connectivity index is 1.96. The summed E-state index contributed by atoms with van der Waals surface area (Å²) in [6, 6.07) is 14.7. The Morgan fingerprint density at radius 1 is 1.18 bits per heavy atom. The second kappa shape index (κ2) is 9.59. The van der Waals surface area contributed by atoms with Crippen molar-refractivity contribution in [3.8, 4) is 5.75 Å². The summed E-state index contributed by atoms with van der Waals surface area (Å²) in [5.74, 6) is 0.478. The second-order valence-corrected chi connectivity index (χ2v) is 8.69. The van der Waals surface area contributed by atoms with Crippen molar-refractivity contribution in [1.29, 1.82) is 0 Å². The molecule has 2 aromatic carbocycles. The molecule has 0 aliphatic heterocycles. The van der Waals surface area contributed by atoms with Crippen molar-refractivity contribution >= 4 is 21.6 Å². The highest BCUT2D eigenvalue weighted by Crippen LogP contribution is 2.23. The number of hydrogen-bond donors (Lipinski definition) is 1. The van der Waals surface area contributed by atoms with Crippen molar-refractivity contribution in [2.45, 2.75) is 32.7 Å². The van der Waals surface area contributed by atoms with Crippen molar-refractivity contribution in [1.82, 2.24) is 5.32 Å². The number of anilines is 1. The quantitative estimate of drug-likeness (QED) is 0.695. The standard InChI is InChI=1S/C21H28N2O4S/c1-16-9-5-6-12-20(16)17(2)22-21(24)13-8-14-23(28(4,25)26)18-10-7-11-19(15-18)27-3/h5-7,9-12,15,17H,8,13-14H2,1-4H3,(H,22,24)/t17-/m0/s1. The van der Waals surface area contributed by atoms with E-state index in [0.29, 0.717) is 17.9 Å². The van der Waals surface area contributed by atoms with Gasteiger partial charge in [-0.1, -0.05) is 30.3 Å². The number of benzene rings is 2. The van der Waals surface area contributed by atoms with E-state index in [1.807, 2.05) is 38.1 Å². The Labute approximate surface area is 167 Å². The number of nitrogens with zero attached hydrogens (tertiary/aromatic N) is 1. The molecule has 1 amide bonds. The summed E-state index contributed by atoms with van der Waals surface area (Å²) in [7, 11) is -1.93. The van der Waals surface area contributed by atoms with Gasteiger partial charge in [0.15, 0.2) is 0 Å². The van der Waals surface area contributed by atoms with Gasteiger partial charge >= 0.3 is 0 Å². The fraction of sp³-hybridized carbons (Fsp3) is 0.381. The Kier molecular flexibility index (Phi) is 7.45. The summed E-state index contributed by atoms with van der Waals surface area (Å²) in [6.07, 6.45) is 1.82. The van der Waals surface area contributed by atoms with Gasteiger partial charge in [0.25, 0.3) is 0 Å². The Hall–Kier alpha value is -2.54. The zero-order valence-corrected chi connectivity index (χ0v) is 17.6. The zero-order valence-electron chi connectivity index (χ0n) is 16.8. The van der Waals surface area contributed by atoms with Gasteiger partial charge in [-0.3, -0.25) is 9.10 Å². The highest BCUT2D eigenvalue weighted by atomic mass is 32.2. The van der Waals surface area contributed by atoms with Crippen LogP contribution in [0.4, 0.5) is 5.69 Å². The summed E-state index contributed by atoms with van der Waals surface area (Å²) in [5.41, 5.74) is 2.72. The van der Waals surface area contributed by atoms with Crippen molar-refractivity contribution in [2.75, 3.05) is 24.2 Å². The molecular formula is C21H28N2O4S. The maximum Gasteiger partial charge on any atom is 0.232 e. The van der Waals surface area contributed by atoms with Gasteiger partial charge in [-0.25, -0.2) is 8.42 Å². The van der Waals surface area contributed by atoms with Crippen LogP contribution in [0.5, 0.6) is 5.75 Å². The van der Waals surface area contributed by atoms with Crippen LogP contribution in [0.15, 0.2) is 48.5 Å². The van der Waals surface area contributed by atoms with Crippen LogP contribution in [0, 0.1) is 6.92 Å². The molecule has 28 heavy (non-hydrogen) atoms. The number of sulfonamides is 1. The average Bonchev–Trinajstić information content (AvgIpc) is 2.64. The third kappa shape index (κ3) is 5.99.